The van der Waals surface area contributed by atoms with Crippen LogP contribution in [0.2, 0.25) is 0 Å². The zero-order chi connectivity index (χ0) is 23.0. The number of halogens is 1. The number of ether oxygens (including phenoxy) is 1. The Morgan fingerprint density at radius 2 is 1.94 bits per heavy atom. The molecule has 3 aromatic rings. The number of amides is 1. The first-order chi connectivity index (χ1) is 15.1. The third-order valence-electron chi connectivity index (χ3n) is 4.71. The highest BCUT2D eigenvalue weighted by Crippen LogP contribution is 2.32. The van der Waals surface area contributed by atoms with E-state index < -0.39 is 53.2 Å². The summed E-state index contributed by atoms with van der Waals surface area (Å²) in [5.41, 5.74) is 0.490. The molecule has 0 aliphatic carbocycles. The molecule has 2 aromatic heterocycles. The molecular formula is C17H17FN6O7S. The van der Waals surface area contributed by atoms with E-state index in [0.717, 1.165) is 18.5 Å². The number of aliphatic hydroxyl groups excluding tert-OH is 2. The zero-order valence-corrected chi connectivity index (χ0v) is 16.9. The van der Waals surface area contributed by atoms with E-state index >= 15 is 0 Å². The maximum Gasteiger partial charge on any atom is 0.333 e. The first kappa shape index (κ1) is 22.1. The number of aliphatic hydroxyl groups is 2. The quantitative estimate of drug-likeness (QED) is 0.351. The van der Waals surface area contributed by atoms with E-state index in [1.165, 1.54) is 23.0 Å². The van der Waals surface area contributed by atoms with E-state index in [0.29, 0.717) is 0 Å². The van der Waals surface area contributed by atoms with Crippen LogP contribution in [0.4, 0.5) is 10.2 Å². The van der Waals surface area contributed by atoms with Crippen molar-refractivity contribution in [3.63, 3.8) is 0 Å². The Hall–Kier alpha value is -3.08. The number of fused-ring (bicyclic) bond motifs is 1. The number of nitrogens with one attached hydrogen (secondary N) is 1. The second-order valence-corrected chi connectivity index (χ2v) is 8.05. The standard InChI is InChI=1S/C17H17FN6O7S/c18-9-3-1-8(2-4-9)16(27)23-14-11-15(21-6-20-14)24(7-22-11)17-13(26)12(25)10(31-17)5-30-32(19,28)29/h1-4,6-7,10,12-13,17,25-26H,5H2,(H2,19,28,29)(H,20,21,23,27)/t10-,12-,13-,17-/m1/s1. The number of anilines is 1. The van der Waals surface area contributed by atoms with E-state index in [1.807, 2.05) is 0 Å². The van der Waals surface area contributed by atoms with Gasteiger partial charge in [0.1, 0.15) is 30.5 Å². The van der Waals surface area contributed by atoms with Crippen molar-refractivity contribution in [3.05, 3.63) is 48.3 Å². The summed E-state index contributed by atoms with van der Waals surface area (Å²) in [6.07, 6.45) is -2.98. The molecule has 1 fully saturated rings. The lowest BCUT2D eigenvalue weighted by Crippen LogP contribution is -2.35. The molecule has 170 valence electrons. The number of aromatic nitrogens is 4. The molecule has 5 N–H and O–H groups in total. The van der Waals surface area contributed by atoms with Crippen LogP contribution in [-0.2, 0) is 19.2 Å². The highest BCUT2D eigenvalue weighted by Gasteiger charge is 2.45. The van der Waals surface area contributed by atoms with Gasteiger partial charge in [-0.1, -0.05) is 0 Å². The van der Waals surface area contributed by atoms with E-state index in [1.54, 1.807) is 0 Å². The van der Waals surface area contributed by atoms with Gasteiger partial charge in [0.2, 0.25) is 0 Å². The number of hydrogen-bond donors (Lipinski definition) is 4. The Balaban J connectivity index is 1.57. The summed E-state index contributed by atoms with van der Waals surface area (Å²) in [7, 11) is -4.27. The summed E-state index contributed by atoms with van der Waals surface area (Å²) < 4.78 is 46.3. The van der Waals surface area contributed by atoms with Gasteiger partial charge in [-0.3, -0.25) is 13.5 Å². The van der Waals surface area contributed by atoms with Gasteiger partial charge >= 0.3 is 10.3 Å². The van der Waals surface area contributed by atoms with Crippen molar-refractivity contribution >= 4 is 33.2 Å². The Kier molecular flexibility index (Phi) is 5.85. The van der Waals surface area contributed by atoms with Gasteiger partial charge in [-0.05, 0) is 24.3 Å². The number of nitrogens with zero attached hydrogens (tertiary/aromatic N) is 4. The van der Waals surface area contributed by atoms with Gasteiger partial charge in [-0.2, -0.15) is 8.42 Å². The van der Waals surface area contributed by atoms with Crippen molar-refractivity contribution in [2.75, 3.05) is 11.9 Å². The topological polar surface area (TPSA) is 192 Å². The minimum atomic E-state index is -4.27. The van der Waals surface area contributed by atoms with Gasteiger partial charge in [0.15, 0.2) is 23.2 Å². The van der Waals surface area contributed by atoms with Crippen molar-refractivity contribution in [2.45, 2.75) is 24.5 Å². The summed E-state index contributed by atoms with van der Waals surface area (Å²) in [6, 6.07) is 4.88. The van der Waals surface area contributed by atoms with Crippen molar-refractivity contribution in [1.29, 1.82) is 0 Å². The molecule has 0 spiro atoms. The third-order valence-corrected chi connectivity index (χ3v) is 5.17. The summed E-state index contributed by atoms with van der Waals surface area (Å²) in [4.78, 5) is 24.6. The normalized spacial score (nSPS) is 23.5. The number of benzene rings is 1. The van der Waals surface area contributed by atoms with Crippen LogP contribution in [-0.4, -0.2) is 69.0 Å². The molecule has 4 rings (SSSR count). The number of carbonyl (C=O) groups excluding carboxylic acids is 1. The molecule has 1 saturated heterocycles. The fourth-order valence-corrected chi connectivity index (χ4v) is 3.49. The molecule has 1 amide bonds. The summed E-state index contributed by atoms with van der Waals surface area (Å²) in [5, 5.41) is 27.9. The monoisotopic (exact) mass is 468 g/mol. The number of rotatable bonds is 6. The molecule has 1 aromatic carbocycles. The molecule has 0 unspecified atom stereocenters. The predicted molar refractivity (Wildman–Crippen MR) is 105 cm³/mol. The number of carbonyl (C=O) groups is 1. The van der Waals surface area contributed by atoms with Crippen molar-refractivity contribution < 1.29 is 36.7 Å². The van der Waals surface area contributed by atoms with E-state index in [-0.39, 0.29) is 22.5 Å². The van der Waals surface area contributed by atoms with Crippen LogP contribution in [0, 0.1) is 5.82 Å². The summed E-state index contributed by atoms with van der Waals surface area (Å²) in [5.74, 6) is -1.01. The molecule has 0 bridgehead atoms. The molecule has 32 heavy (non-hydrogen) atoms. The van der Waals surface area contributed by atoms with Crippen LogP contribution >= 0.6 is 0 Å². The second kappa shape index (κ2) is 8.45. The highest BCUT2D eigenvalue weighted by molar-refractivity contribution is 7.84. The molecular weight excluding hydrogens is 451 g/mol. The maximum atomic E-state index is 13.1. The second-order valence-electron chi connectivity index (χ2n) is 6.83. The maximum absolute atomic E-state index is 13.1. The molecule has 13 nitrogen and oxygen atoms in total. The first-order valence-corrected chi connectivity index (χ1v) is 10.5. The average molecular weight is 468 g/mol. The van der Waals surface area contributed by atoms with E-state index in [4.69, 9.17) is 9.88 Å². The lowest BCUT2D eigenvalue weighted by atomic mass is 10.1. The molecule has 1 aliphatic heterocycles. The lowest BCUT2D eigenvalue weighted by Gasteiger charge is -2.16. The van der Waals surface area contributed by atoms with Crippen LogP contribution in [0.15, 0.2) is 36.9 Å². The van der Waals surface area contributed by atoms with Crippen molar-refractivity contribution in [3.8, 4) is 0 Å². The summed E-state index contributed by atoms with van der Waals surface area (Å²) in [6.45, 7) is -0.617. The summed E-state index contributed by atoms with van der Waals surface area (Å²) >= 11 is 0. The Bertz CT molecular complexity index is 1250. The van der Waals surface area contributed by atoms with Gasteiger partial charge in [-0.25, -0.2) is 24.5 Å². The molecule has 3 heterocycles. The van der Waals surface area contributed by atoms with Crippen LogP contribution in [0.25, 0.3) is 11.2 Å². The Morgan fingerprint density at radius 1 is 1.22 bits per heavy atom. The molecule has 0 saturated carbocycles. The van der Waals surface area contributed by atoms with Crippen LogP contribution in [0.3, 0.4) is 0 Å². The molecule has 1 aliphatic rings. The fraction of sp³-hybridized carbons (Fsp3) is 0.294. The zero-order valence-electron chi connectivity index (χ0n) is 16.1. The van der Waals surface area contributed by atoms with Crippen LogP contribution in [0.1, 0.15) is 16.6 Å². The third kappa shape index (κ3) is 4.43. The van der Waals surface area contributed by atoms with Crippen LogP contribution in [0.5, 0.6) is 0 Å². The first-order valence-electron chi connectivity index (χ1n) is 9.07. The number of hydrogen-bond acceptors (Lipinski definition) is 10. The molecule has 15 heteroatoms. The van der Waals surface area contributed by atoms with Crippen molar-refractivity contribution in [2.24, 2.45) is 5.14 Å². The molecule has 4 atom stereocenters. The fourth-order valence-electron chi connectivity index (χ4n) is 3.17. The smallest absolute Gasteiger partial charge is 0.333 e. The van der Waals surface area contributed by atoms with Gasteiger partial charge in [-0.15, -0.1) is 0 Å². The van der Waals surface area contributed by atoms with Gasteiger partial charge in [0.05, 0.1) is 12.9 Å². The van der Waals surface area contributed by atoms with Gasteiger partial charge < -0.3 is 20.3 Å². The minimum absolute atomic E-state index is 0.0465. The number of nitrogens with two attached hydrogens (primary N) is 1. The highest BCUT2D eigenvalue weighted by atomic mass is 32.2. The average Bonchev–Trinajstić information content (AvgIpc) is 3.29. The van der Waals surface area contributed by atoms with Gasteiger partial charge in [0.25, 0.3) is 5.91 Å². The SMILES string of the molecule is NS(=O)(=O)OC[C@H]1O[C@@H](n2cnc3c(NC(=O)c4ccc(F)cc4)ncnc32)[C@H](O)[C@@H]1O. The van der Waals surface area contributed by atoms with E-state index in [2.05, 4.69) is 24.5 Å². The number of imidazole rings is 1. The van der Waals surface area contributed by atoms with Crippen LogP contribution < -0.4 is 10.5 Å². The van der Waals surface area contributed by atoms with E-state index in [9.17, 15) is 27.8 Å². The predicted octanol–water partition coefficient (Wildman–Crippen LogP) is -0.943. The van der Waals surface area contributed by atoms with Crippen molar-refractivity contribution in [1.82, 2.24) is 19.5 Å². The van der Waals surface area contributed by atoms with Gasteiger partial charge in [0, 0.05) is 5.56 Å². The Labute approximate surface area is 179 Å². The lowest BCUT2D eigenvalue weighted by molar-refractivity contribution is -0.0467. The minimum Gasteiger partial charge on any atom is -0.387 e. The largest absolute Gasteiger partial charge is 0.387 e. The molecule has 0 radical (unpaired) electrons. The Morgan fingerprint density at radius 3 is 2.62 bits per heavy atom.